The Balaban J connectivity index is 1.48. The predicted molar refractivity (Wildman–Crippen MR) is 240 cm³/mol. The van der Waals surface area contributed by atoms with E-state index >= 15 is 0 Å². The van der Waals surface area contributed by atoms with E-state index in [9.17, 15) is 19.2 Å². The first-order valence-corrected chi connectivity index (χ1v) is 23.2. The Morgan fingerprint density at radius 3 is 2.40 bits per heavy atom. The smallest absolute Gasteiger partial charge is 0.412 e. The van der Waals surface area contributed by atoms with E-state index in [0.717, 1.165) is 30.4 Å². The van der Waals surface area contributed by atoms with Crippen molar-refractivity contribution in [2.45, 2.75) is 117 Å². The number of hydrogen-bond donors (Lipinski definition) is 3. The second-order valence-corrected chi connectivity index (χ2v) is 17.1. The number of ether oxygens (including phenoxy) is 5. The summed E-state index contributed by atoms with van der Waals surface area (Å²) in [5.74, 6) is -0.627. The predicted octanol–water partition coefficient (Wildman–Crippen LogP) is 7.35. The Bertz CT molecular complexity index is 1830. The maximum Gasteiger partial charge on any atom is 0.412 e. The maximum absolute atomic E-state index is 13.9. The Morgan fingerprint density at radius 2 is 1.71 bits per heavy atom. The SMILES string of the molecule is CCCO[C@H](CC(C(C)C)N(CCC)C(=O)C[C@@H](C)CC)c1nc(C(=O)N[C@H]2Cc3ccc(OC(=O)NCCOCCOCCN)cc3[C@H](C(=O)OCc3ccccc3)C2)cs1. The number of rotatable bonds is 27. The lowest BCUT2D eigenvalue weighted by atomic mass is 9.80. The number of nitrogens with zero attached hydrogens (tertiary/aromatic N) is 2. The molecule has 3 amide bonds. The lowest BCUT2D eigenvalue weighted by molar-refractivity contribution is -0.147. The van der Waals surface area contributed by atoms with Gasteiger partial charge in [0.2, 0.25) is 5.91 Å². The van der Waals surface area contributed by atoms with Crippen LogP contribution in [0.25, 0.3) is 0 Å². The Morgan fingerprint density at radius 1 is 0.952 bits per heavy atom. The molecule has 1 unspecified atom stereocenters. The van der Waals surface area contributed by atoms with Gasteiger partial charge in [-0.1, -0.05) is 84.4 Å². The Hall–Kier alpha value is -4.41. The van der Waals surface area contributed by atoms with Crippen LogP contribution in [-0.4, -0.2) is 98.5 Å². The van der Waals surface area contributed by atoms with Gasteiger partial charge in [0.05, 0.1) is 32.3 Å². The number of nitrogens with one attached hydrogen (secondary N) is 2. The molecule has 0 fully saturated rings. The van der Waals surface area contributed by atoms with E-state index in [1.54, 1.807) is 17.5 Å². The van der Waals surface area contributed by atoms with E-state index in [-0.39, 0.29) is 61.4 Å². The van der Waals surface area contributed by atoms with E-state index in [1.807, 2.05) is 41.3 Å². The highest BCUT2D eigenvalue weighted by atomic mass is 32.1. The monoisotopic (exact) mass is 879 g/mol. The van der Waals surface area contributed by atoms with Gasteiger partial charge in [-0.3, -0.25) is 14.4 Å². The molecule has 342 valence electrons. The summed E-state index contributed by atoms with van der Waals surface area (Å²) in [4.78, 5) is 60.8. The number of benzene rings is 2. The van der Waals surface area contributed by atoms with Gasteiger partial charge in [0.25, 0.3) is 5.91 Å². The van der Waals surface area contributed by atoms with E-state index in [2.05, 4.69) is 52.2 Å². The van der Waals surface area contributed by atoms with Crippen molar-refractivity contribution in [2.24, 2.45) is 17.6 Å². The number of fused-ring (bicyclic) bond motifs is 1. The summed E-state index contributed by atoms with van der Waals surface area (Å²) >= 11 is 1.38. The highest BCUT2D eigenvalue weighted by Crippen LogP contribution is 2.36. The van der Waals surface area contributed by atoms with Crippen LogP contribution in [-0.2, 0) is 41.6 Å². The van der Waals surface area contributed by atoms with Crippen LogP contribution in [0.3, 0.4) is 0 Å². The topological polar surface area (TPSA) is 181 Å². The first-order chi connectivity index (χ1) is 30.0. The quantitative estimate of drug-likeness (QED) is 0.0515. The summed E-state index contributed by atoms with van der Waals surface area (Å²) in [5.41, 5.74) is 8.02. The minimum absolute atomic E-state index is 0.0621. The molecule has 62 heavy (non-hydrogen) atoms. The van der Waals surface area contributed by atoms with Gasteiger partial charge in [-0.15, -0.1) is 11.3 Å². The third-order valence-electron chi connectivity index (χ3n) is 10.9. The van der Waals surface area contributed by atoms with Gasteiger partial charge in [-0.05, 0) is 66.3 Å². The number of amides is 3. The van der Waals surface area contributed by atoms with E-state index in [0.29, 0.717) is 75.3 Å². The largest absolute Gasteiger partial charge is 0.460 e. The molecule has 3 aromatic rings. The van der Waals surface area contributed by atoms with Gasteiger partial charge in [0, 0.05) is 56.5 Å². The fourth-order valence-corrected chi connectivity index (χ4v) is 8.26. The van der Waals surface area contributed by atoms with Crippen LogP contribution in [0.4, 0.5) is 4.79 Å². The van der Waals surface area contributed by atoms with Crippen LogP contribution in [0.5, 0.6) is 5.75 Å². The average Bonchev–Trinajstić information content (AvgIpc) is 3.76. The van der Waals surface area contributed by atoms with Crippen molar-refractivity contribution in [1.82, 2.24) is 20.5 Å². The first kappa shape index (κ1) is 50.2. The normalized spacial score (nSPS) is 16.2. The lowest BCUT2D eigenvalue weighted by Gasteiger charge is -2.37. The highest BCUT2D eigenvalue weighted by Gasteiger charge is 2.36. The number of carbonyl (C=O) groups excluding carboxylic acids is 4. The highest BCUT2D eigenvalue weighted by molar-refractivity contribution is 7.09. The number of hydrogen-bond acceptors (Lipinski definition) is 12. The number of nitrogens with two attached hydrogens (primary N) is 1. The zero-order valence-electron chi connectivity index (χ0n) is 37.5. The lowest BCUT2D eigenvalue weighted by Crippen LogP contribution is -2.45. The molecule has 0 aliphatic heterocycles. The minimum atomic E-state index is -0.742. The molecule has 1 aliphatic carbocycles. The zero-order valence-corrected chi connectivity index (χ0v) is 38.3. The molecule has 0 radical (unpaired) electrons. The number of esters is 1. The van der Waals surface area contributed by atoms with Crippen molar-refractivity contribution in [3.05, 3.63) is 81.3 Å². The van der Waals surface area contributed by atoms with Crippen molar-refractivity contribution < 1.29 is 42.9 Å². The molecule has 4 rings (SSSR count). The summed E-state index contributed by atoms with van der Waals surface area (Å²) < 4.78 is 28.5. The van der Waals surface area contributed by atoms with Crippen LogP contribution in [0.1, 0.15) is 124 Å². The molecule has 15 heteroatoms. The fraction of sp³-hybridized carbons (Fsp3) is 0.596. The second-order valence-electron chi connectivity index (χ2n) is 16.2. The van der Waals surface area contributed by atoms with Gasteiger partial charge >= 0.3 is 12.1 Å². The number of thiazole rings is 1. The third-order valence-corrected chi connectivity index (χ3v) is 11.8. The van der Waals surface area contributed by atoms with Crippen molar-refractivity contribution in [3.8, 4) is 5.75 Å². The van der Waals surface area contributed by atoms with Crippen LogP contribution in [0.15, 0.2) is 53.9 Å². The van der Waals surface area contributed by atoms with Gasteiger partial charge in [0.1, 0.15) is 29.2 Å². The molecular formula is C47H69N5O9S. The van der Waals surface area contributed by atoms with Gasteiger partial charge in [-0.2, -0.15) is 0 Å². The van der Waals surface area contributed by atoms with Crippen LogP contribution < -0.4 is 21.1 Å². The molecule has 0 saturated carbocycles. The van der Waals surface area contributed by atoms with Crippen LogP contribution in [0.2, 0.25) is 0 Å². The molecule has 2 aromatic carbocycles. The summed E-state index contributed by atoms with van der Waals surface area (Å²) in [5, 5.41) is 8.24. The fourth-order valence-electron chi connectivity index (χ4n) is 7.40. The van der Waals surface area contributed by atoms with Gasteiger partial charge in [0.15, 0.2) is 0 Å². The molecule has 1 aliphatic rings. The van der Waals surface area contributed by atoms with Crippen molar-refractivity contribution in [3.63, 3.8) is 0 Å². The average molecular weight is 880 g/mol. The van der Waals surface area contributed by atoms with E-state index in [4.69, 9.17) is 34.4 Å². The standard InChI is InChI=1S/C47H69N5O9S/c1-7-19-52(43(53)25-33(6)9-3)41(32(4)5)29-42(59-20-8-2)45-51-40(31-62-45)44(54)50-36-26-35-15-16-37(61-47(56)49-18-22-58-24-23-57-21-17-48)28-38(35)39(27-36)46(55)60-30-34-13-11-10-12-14-34/h10-16,28,31-33,36,39,41-42H,7-9,17-27,29-30,48H2,1-6H3,(H,49,56)(H,50,54)/t33-,36-,39+,41?,42+/m0/s1. The van der Waals surface area contributed by atoms with Crippen molar-refractivity contribution >= 4 is 35.2 Å². The van der Waals surface area contributed by atoms with E-state index in [1.165, 1.54) is 11.3 Å². The summed E-state index contributed by atoms with van der Waals surface area (Å²) in [6.07, 6.45) is 3.34. The molecule has 0 saturated heterocycles. The minimum Gasteiger partial charge on any atom is -0.460 e. The Labute approximate surface area is 371 Å². The molecule has 0 spiro atoms. The Kier molecular flexibility index (Phi) is 21.8. The molecule has 14 nitrogen and oxygen atoms in total. The molecule has 0 bridgehead atoms. The van der Waals surface area contributed by atoms with Gasteiger partial charge in [-0.25, -0.2) is 9.78 Å². The summed E-state index contributed by atoms with van der Waals surface area (Å²) in [6, 6.07) is 14.1. The van der Waals surface area contributed by atoms with Crippen molar-refractivity contribution in [1.29, 1.82) is 0 Å². The van der Waals surface area contributed by atoms with Crippen molar-refractivity contribution in [2.75, 3.05) is 52.7 Å². The molecular weight excluding hydrogens is 811 g/mol. The van der Waals surface area contributed by atoms with Crippen LogP contribution in [0, 0.1) is 11.8 Å². The molecule has 1 aromatic heterocycles. The number of aromatic nitrogens is 1. The van der Waals surface area contributed by atoms with Crippen LogP contribution >= 0.6 is 11.3 Å². The molecule has 5 atom stereocenters. The first-order valence-electron chi connectivity index (χ1n) is 22.3. The summed E-state index contributed by atoms with van der Waals surface area (Å²) in [7, 11) is 0. The maximum atomic E-state index is 13.9. The van der Waals surface area contributed by atoms with E-state index < -0.39 is 30.1 Å². The zero-order chi connectivity index (χ0) is 44.9. The second kappa shape index (κ2) is 26.9. The summed E-state index contributed by atoms with van der Waals surface area (Å²) in [6.45, 7) is 16.1. The number of carbonyl (C=O) groups is 4. The molecule has 1 heterocycles. The third kappa shape index (κ3) is 16.1. The van der Waals surface area contributed by atoms with Gasteiger partial charge < -0.3 is 45.0 Å². The molecule has 4 N–H and O–H groups in total.